The zero-order valence-corrected chi connectivity index (χ0v) is 10.2. The van der Waals surface area contributed by atoms with Crippen LogP contribution in [0.1, 0.15) is 57.4 Å². The minimum Gasteiger partial charge on any atom is -0.478 e. The van der Waals surface area contributed by atoms with Crippen LogP contribution in [0.2, 0.25) is 0 Å². The number of aromatic nitrogens is 1. The summed E-state index contributed by atoms with van der Waals surface area (Å²) in [6, 6.07) is 2.85. The van der Waals surface area contributed by atoms with Gasteiger partial charge < -0.3 is 10.4 Å². The number of nitrogens with one attached hydrogen (secondary N) is 1. The van der Waals surface area contributed by atoms with E-state index in [1.807, 2.05) is 0 Å². The van der Waals surface area contributed by atoms with Crippen LogP contribution in [-0.4, -0.2) is 28.9 Å². The summed E-state index contributed by atoms with van der Waals surface area (Å²) >= 11 is 0. The molecule has 0 aromatic carbocycles. The van der Waals surface area contributed by atoms with Crippen molar-refractivity contribution < 1.29 is 14.7 Å². The Morgan fingerprint density at radius 1 is 1.58 bits per heavy atom. The van der Waals surface area contributed by atoms with Crippen molar-refractivity contribution in [3.05, 3.63) is 28.6 Å². The molecular weight excluding hydrogens is 246 g/mol. The van der Waals surface area contributed by atoms with E-state index in [-0.39, 0.29) is 22.9 Å². The zero-order chi connectivity index (χ0) is 13.8. The highest BCUT2D eigenvalue weighted by atomic mass is 16.4. The molecule has 1 atom stereocenters. The first-order chi connectivity index (χ1) is 9.17. The predicted molar refractivity (Wildman–Crippen MR) is 65.9 cm³/mol. The number of carbonyl (C=O) groups is 2. The number of aromatic carboxylic acids is 1. The second-order valence-electron chi connectivity index (χ2n) is 4.39. The van der Waals surface area contributed by atoms with Crippen LogP contribution in [0.5, 0.6) is 0 Å². The van der Waals surface area contributed by atoms with Gasteiger partial charge in [-0.25, -0.2) is 9.78 Å². The van der Waals surface area contributed by atoms with E-state index in [1.165, 1.54) is 6.07 Å². The number of hydrogen-bond donors (Lipinski definition) is 2. The molecule has 0 radical (unpaired) electrons. The Morgan fingerprint density at radius 2 is 2.37 bits per heavy atom. The fourth-order valence-electron chi connectivity index (χ4n) is 2.24. The van der Waals surface area contributed by atoms with Gasteiger partial charge in [-0.1, -0.05) is 6.42 Å². The Labute approximate surface area is 110 Å². The van der Waals surface area contributed by atoms with Gasteiger partial charge in [0.15, 0.2) is 6.29 Å². The molecule has 2 N–H and O–H groups in total. The first kappa shape index (κ1) is 13.2. The maximum Gasteiger partial charge on any atom is 0.337 e. The van der Waals surface area contributed by atoms with Gasteiger partial charge in [-0.15, -0.1) is 0 Å². The van der Waals surface area contributed by atoms with Gasteiger partial charge >= 0.3 is 5.97 Å². The van der Waals surface area contributed by atoms with Crippen LogP contribution in [-0.2, 0) is 0 Å². The molecule has 0 aliphatic carbocycles. The average molecular weight is 259 g/mol. The van der Waals surface area contributed by atoms with Crippen molar-refractivity contribution in [2.45, 2.75) is 25.3 Å². The third-order valence-electron chi connectivity index (χ3n) is 3.18. The molecule has 6 nitrogen and oxygen atoms in total. The van der Waals surface area contributed by atoms with Crippen LogP contribution in [0, 0.1) is 11.3 Å². The first-order valence-electron chi connectivity index (χ1n) is 6.04. The van der Waals surface area contributed by atoms with E-state index in [0.717, 1.165) is 25.8 Å². The van der Waals surface area contributed by atoms with Crippen molar-refractivity contribution in [3.63, 3.8) is 0 Å². The standard InChI is InChI=1S/C13H13N3O3/c14-6-8-5-9(13(18)19)12(16-11(8)7-17)10-3-1-2-4-15-10/h5,7,10,15H,1-4H2,(H,18,19). The summed E-state index contributed by atoms with van der Waals surface area (Å²) < 4.78 is 0. The summed E-state index contributed by atoms with van der Waals surface area (Å²) in [6.45, 7) is 0.793. The highest BCUT2D eigenvalue weighted by molar-refractivity contribution is 5.91. The van der Waals surface area contributed by atoms with Crippen molar-refractivity contribution >= 4 is 12.3 Å². The SMILES string of the molecule is N#Cc1cc(C(=O)O)c(C2CCCCN2)nc1C=O. The topological polar surface area (TPSA) is 103 Å². The van der Waals surface area contributed by atoms with Crippen LogP contribution in [0.4, 0.5) is 0 Å². The Balaban J connectivity index is 2.53. The van der Waals surface area contributed by atoms with Crippen molar-refractivity contribution in [1.29, 1.82) is 5.26 Å². The van der Waals surface area contributed by atoms with E-state index in [1.54, 1.807) is 6.07 Å². The summed E-state index contributed by atoms with van der Waals surface area (Å²) in [4.78, 5) is 26.3. The van der Waals surface area contributed by atoms with Crippen molar-refractivity contribution in [1.82, 2.24) is 10.3 Å². The average Bonchev–Trinajstić information content (AvgIpc) is 2.46. The number of rotatable bonds is 3. The highest BCUT2D eigenvalue weighted by Crippen LogP contribution is 2.25. The van der Waals surface area contributed by atoms with E-state index < -0.39 is 5.97 Å². The fourth-order valence-corrected chi connectivity index (χ4v) is 2.24. The summed E-state index contributed by atoms with van der Waals surface area (Å²) in [5.41, 5.74) is 0.316. The maximum absolute atomic E-state index is 11.3. The zero-order valence-electron chi connectivity index (χ0n) is 10.2. The molecule has 1 aromatic rings. The minimum absolute atomic E-state index is 0.00475. The first-order valence-corrected chi connectivity index (χ1v) is 6.04. The second-order valence-corrected chi connectivity index (χ2v) is 4.39. The molecule has 98 valence electrons. The van der Waals surface area contributed by atoms with E-state index >= 15 is 0 Å². The van der Waals surface area contributed by atoms with Gasteiger partial charge in [-0.2, -0.15) is 5.26 Å². The van der Waals surface area contributed by atoms with Gasteiger partial charge in [0.05, 0.1) is 22.9 Å². The molecule has 2 heterocycles. The number of carboxylic acid groups (broad SMARTS) is 1. The number of nitriles is 1. The van der Waals surface area contributed by atoms with Gasteiger partial charge in [0.2, 0.25) is 0 Å². The predicted octanol–water partition coefficient (Wildman–Crippen LogP) is 1.28. The summed E-state index contributed by atoms with van der Waals surface area (Å²) in [6.07, 6.45) is 3.28. The molecule has 0 amide bonds. The molecular formula is C13H13N3O3. The molecule has 0 bridgehead atoms. The molecule has 1 aliphatic heterocycles. The highest BCUT2D eigenvalue weighted by Gasteiger charge is 2.24. The van der Waals surface area contributed by atoms with Crippen LogP contribution >= 0.6 is 0 Å². The largest absolute Gasteiger partial charge is 0.478 e. The lowest BCUT2D eigenvalue weighted by Gasteiger charge is -2.24. The quantitative estimate of drug-likeness (QED) is 0.792. The number of nitrogens with zero attached hydrogens (tertiary/aromatic N) is 2. The Bertz CT molecular complexity index is 557. The molecule has 0 spiro atoms. The third-order valence-corrected chi connectivity index (χ3v) is 3.18. The lowest BCUT2D eigenvalue weighted by atomic mass is 9.96. The molecule has 0 saturated carbocycles. The van der Waals surface area contributed by atoms with Gasteiger partial charge in [0.25, 0.3) is 0 Å². The second kappa shape index (κ2) is 5.59. The van der Waals surface area contributed by atoms with Crippen LogP contribution in [0.15, 0.2) is 6.07 Å². The molecule has 1 saturated heterocycles. The number of pyridine rings is 1. The van der Waals surface area contributed by atoms with E-state index in [4.69, 9.17) is 5.26 Å². The normalized spacial score (nSPS) is 18.6. The lowest BCUT2D eigenvalue weighted by Crippen LogP contribution is -2.29. The Hall–Kier alpha value is -2.26. The number of carboxylic acids is 1. The fraction of sp³-hybridized carbons (Fsp3) is 0.385. The Kier molecular flexibility index (Phi) is 3.88. The van der Waals surface area contributed by atoms with Gasteiger partial charge in [-0.05, 0) is 25.5 Å². The van der Waals surface area contributed by atoms with Crippen molar-refractivity contribution in [2.24, 2.45) is 0 Å². The Morgan fingerprint density at radius 3 is 2.89 bits per heavy atom. The molecule has 1 unspecified atom stereocenters. The smallest absolute Gasteiger partial charge is 0.337 e. The number of aldehydes is 1. The molecule has 1 aliphatic rings. The van der Waals surface area contributed by atoms with E-state index in [9.17, 15) is 14.7 Å². The van der Waals surface area contributed by atoms with Crippen molar-refractivity contribution in [2.75, 3.05) is 6.54 Å². The number of piperidine rings is 1. The van der Waals surface area contributed by atoms with Crippen molar-refractivity contribution in [3.8, 4) is 6.07 Å². The monoisotopic (exact) mass is 259 g/mol. The molecule has 6 heteroatoms. The van der Waals surface area contributed by atoms with Gasteiger partial charge in [-0.3, -0.25) is 4.79 Å². The van der Waals surface area contributed by atoms with Gasteiger partial charge in [0, 0.05) is 0 Å². The van der Waals surface area contributed by atoms with E-state index in [0.29, 0.717) is 12.0 Å². The summed E-state index contributed by atoms with van der Waals surface area (Å²) in [5, 5.41) is 21.3. The summed E-state index contributed by atoms with van der Waals surface area (Å²) in [7, 11) is 0. The van der Waals surface area contributed by atoms with Gasteiger partial charge in [0.1, 0.15) is 11.8 Å². The number of carbonyl (C=O) groups excluding carboxylic acids is 1. The molecule has 19 heavy (non-hydrogen) atoms. The molecule has 1 fully saturated rings. The van der Waals surface area contributed by atoms with Crippen LogP contribution in [0.3, 0.4) is 0 Å². The van der Waals surface area contributed by atoms with Crippen LogP contribution in [0.25, 0.3) is 0 Å². The number of hydrogen-bond acceptors (Lipinski definition) is 5. The summed E-state index contributed by atoms with van der Waals surface area (Å²) in [5.74, 6) is -1.14. The molecule has 2 rings (SSSR count). The van der Waals surface area contributed by atoms with Crippen LogP contribution < -0.4 is 5.32 Å². The lowest BCUT2D eigenvalue weighted by molar-refractivity contribution is 0.0693. The van der Waals surface area contributed by atoms with E-state index in [2.05, 4.69) is 10.3 Å². The third kappa shape index (κ3) is 2.61. The maximum atomic E-state index is 11.3. The minimum atomic E-state index is -1.14. The molecule has 1 aromatic heterocycles.